The topological polar surface area (TPSA) is 78.9 Å². The third-order valence-corrected chi connectivity index (χ3v) is 4.67. The van der Waals surface area contributed by atoms with Gasteiger partial charge in [0.1, 0.15) is 12.2 Å². The number of aromatic nitrogens is 1. The van der Waals surface area contributed by atoms with Crippen LogP contribution in [0.4, 0.5) is 13.2 Å². The van der Waals surface area contributed by atoms with Crippen molar-refractivity contribution in [3.63, 3.8) is 0 Å². The van der Waals surface area contributed by atoms with Crippen molar-refractivity contribution in [3.05, 3.63) is 23.9 Å². The number of aliphatic imine (C=N–C) groups is 1. The Morgan fingerprint density at radius 2 is 2.10 bits per heavy atom. The maximum absolute atomic E-state index is 13.0. The van der Waals surface area contributed by atoms with Gasteiger partial charge in [-0.1, -0.05) is 0 Å². The number of pyridine rings is 1. The number of halogens is 3. The standard InChI is InChI=1S/C19H28F3N5O2/c1-3-24-18(27-10-6-14(7-11-27)13-16(28)23-2)26-9-12-29-17-15(19(20,21)22)5-4-8-25-17/h4-5,8,14H,3,6-7,9-13H2,1-2H3,(H,23,28)(H,24,26). The minimum atomic E-state index is -4.51. The molecule has 1 aliphatic heterocycles. The summed E-state index contributed by atoms with van der Waals surface area (Å²) >= 11 is 0. The first-order chi connectivity index (χ1) is 13.8. The van der Waals surface area contributed by atoms with Crippen molar-refractivity contribution in [3.8, 4) is 5.88 Å². The number of piperidine rings is 1. The van der Waals surface area contributed by atoms with E-state index in [9.17, 15) is 18.0 Å². The molecule has 0 spiro atoms. The number of hydrogen-bond donors (Lipinski definition) is 2. The lowest BCUT2D eigenvalue weighted by molar-refractivity contribution is -0.139. The number of nitrogens with zero attached hydrogens (tertiary/aromatic N) is 3. The molecule has 2 N–H and O–H groups in total. The Labute approximate surface area is 168 Å². The third-order valence-electron chi connectivity index (χ3n) is 4.67. The maximum Gasteiger partial charge on any atom is 0.421 e. The van der Waals surface area contributed by atoms with Gasteiger partial charge in [-0.2, -0.15) is 13.2 Å². The number of ether oxygens (including phenoxy) is 1. The summed E-state index contributed by atoms with van der Waals surface area (Å²) in [5, 5.41) is 5.85. The number of hydrogen-bond acceptors (Lipinski definition) is 4. The van der Waals surface area contributed by atoms with E-state index in [1.807, 2.05) is 6.92 Å². The third kappa shape index (κ3) is 7.10. The maximum atomic E-state index is 13.0. The molecule has 0 unspecified atom stereocenters. The lowest BCUT2D eigenvalue weighted by atomic mass is 9.93. The van der Waals surface area contributed by atoms with E-state index in [0.717, 1.165) is 32.0 Å². The van der Waals surface area contributed by atoms with Gasteiger partial charge in [0.25, 0.3) is 0 Å². The first-order valence-electron chi connectivity index (χ1n) is 9.74. The van der Waals surface area contributed by atoms with E-state index in [4.69, 9.17) is 4.74 Å². The summed E-state index contributed by atoms with van der Waals surface area (Å²) in [4.78, 5) is 21.8. The lowest BCUT2D eigenvalue weighted by Gasteiger charge is -2.34. The zero-order valence-electron chi connectivity index (χ0n) is 16.8. The van der Waals surface area contributed by atoms with Crippen LogP contribution in [0.5, 0.6) is 5.88 Å². The van der Waals surface area contributed by atoms with Crippen molar-refractivity contribution in [2.24, 2.45) is 10.9 Å². The van der Waals surface area contributed by atoms with Gasteiger partial charge in [0.2, 0.25) is 11.8 Å². The Kier molecular flexibility index (Phi) is 8.53. The van der Waals surface area contributed by atoms with Crippen LogP contribution >= 0.6 is 0 Å². The number of carbonyl (C=O) groups excluding carboxylic acids is 1. The molecule has 29 heavy (non-hydrogen) atoms. The number of rotatable bonds is 7. The number of amides is 1. The van der Waals surface area contributed by atoms with Crippen LogP contribution in [-0.2, 0) is 11.0 Å². The molecule has 0 saturated carbocycles. The van der Waals surface area contributed by atoms with Gasteiger partial charge >= 0.3 is 6.18 Å². The number of nitrogens with one attached hydrogen (secondary N) is 2. The van der Waals surface area contributed by atoms with Crippen LogP contribution in [0.15, 0.2) is 23.3 Å². The Morgan fingerprint density at radius 1 is 1.38 bits per heavy atom. The zero-order chi connectivity index (χ0) is 21.3. The first-order valence-corrected chi connectivity index (χ1v) is 9.74. The van der Waals surface area contributed by atoms with Crippen molar-refractivity contribution in [2.45, 2.75) is 32.4 Å². The minimum absolute atomic E-state index is 0.0118. The summed E-state index contributed by atoms with van der Waals surface area (Å²) in [6.07, 6.45) is -0.951. The summed E-state index contributed by atoms with van der Waals surface area (Å²) in [5.74, 6) is 0.665. The van der Waals surface area contributed by atoms with Crippen LogP contribution < -0.4 is 15.4 Å². The zero-order valence-corrected chi connectivity index (χ0v) is 16.8. The summed E-state index contributed by atoms with van der Waals surface area (Å²) in [6.45, 7) is 4.36. The molecule has 1 saturated heterocycles. The first kappa shape index (κ1) is 22.8. The number of alkyl halides is 3. The molecular weight excluding hydrogens is 387 g/mol. The molecule has 10 heteroatoms. The van der Waals surface area contributed by atoms with Crippen molar-refractivity contribution in [1.29, 1.82) is 0 Å². The second kappa shape index (κ2) is 10.9. The van der Waals surface area contributed by atoms with Gasteiger partial charge < -0.3 is 20.3 Å². The van der Waals surface area contributed by atoms with E-state index in [1.54, 1.807) is 7.05 Å². The Morgan fingerprint density at radius 3 is 2.72 bits per heavy atom. The van der Waals surface area contributed by atoms with Crippen molar-refractivity contribution >= 4 is 11.9 Å². The molecule has 2 heterocycles. The molecule has 1 aliphatic rings. The SMILES string of the molecule is CCNC(=NCCOc1ncccc1C(F)(F)F)N1CCC(CC(=O)NC)CC1. The quantitative estimate of drug-likeness (QED) is 0.406. The lowest BCUT2D eigenvalue weighted by Crippen LogP contribution is -2.46. The highest BCUT2D eigenvalue weighted by Crippen LogP contribution is 2.34. The fraction of sp³-hybridized carbons (Fsp3) is 0.632. The van der Waals surface area contributed by atoms with E-state index in [2.05, 4.69) is 25.5 Å². The molecule has 0 radical (unpaired) electrons. The van der Waals surface area contributed by atoms with Crippen LogP contribution in [-0.4, -0.2) is 61.6 Å². The molecule has 0 atom stereocenters. The molecule has 7 nitrogen and oxygen atoms in total. The molecule has 1 fully saturated rings. The van der Waals surface area contributed by atoms with Gasteiger partial charge in [0.05, 0.1) is 6.54 Å². The summed E-state index contributed by atoms with van der Waals surface area (Å²) < 4.78 is 44.1. The van der Waals surface area contributed by atoms with Crippen molar-refractivity contribution < 1.29 is 22.7 Å². The number of likely N-dealkylation sites (tertiary alicyclic amines) is 1. The van der Waals surface area contributed by atoms with Crippen LogP contribution in [0.25, 0.3) is 0 Å². The van der Waals surface area contributed by atoms with Gasteiger partial charge in [0.15, 0.2) is 5.96 Å². The Balaban J connectivity index is 1.88. The van der Waals surface area contributed by atoms with Gasteiger partial charge in [-0.05, 0) is 37.8 Å². The summed E-state index contributed by atoms with van der Waals surface area (Å²) in [7, 11) is 1.64. The number of carbonyl (C=O) groups is 1. The second-order valence-corrected chi connectivity index (χ2v) is 6.75. The monoisotopic (exact) mass is 415 g/mol. The summed E-state index contributed by atoms with van der Waals surface area (Å²) in [5.41, 5.74) is -0.894. The molecule has 0 aromatic carbocycles. The second-order valence-electron chi connectivity index (χ2n) is 6.75. The van der Waals surface area contributed by atoms with E-state index in [-0.39, 0.29) is 19.1 Å². The van der Waals surface area contributed by atoms with Crippen LogP contribution in [0.1, 0.15) is 31.7 Å². The molecule has 1 amide bonds. The molecule has 162 valence electrons. The molecular formula is C19H28F3N5O2. The Bertz CT molecular complexity index is 689. The largest absolute Gasteiger partial charge is 0.475 e. The van der Waals surface area contributed by atoms with Crippen LogP contribution in [0.3, 0.4) is 0 Å². The fourth-order valence-corrected chi connectivity index (χ4v) is 3.15. The van der Waals surface area contributed by atoms with Crippen LogP contribution in [0, 0.1) is 5.92 Å². The smallest absolute Gasteiger partial charge is 0.421 e. The normalized spacial score (nSPS) is 15.9. The van der Waals surface area contributed by atoms with E-state index in [0.29, 0.717) is 24.8 Å². The van der Waals surface area contributed by atoms with E-state index >= 15 is 0 Å². The van der Waals surface area contributed by atoms with Crippen molar-refractivity contribution in [2.75, 3.05) is 39.8 Å². The highest BCUT2D eigenvalue weighted by Gasteiger charge is 2.35. The molecule has 0 aliphatic carbocycles. The predicted molar refractivity (Wildman–Crippen MR) is 104 cm³/mol. The minimum Gasteiger partial charge on any atom is -0.475 e. The van der Waals surface area contributed by atoms with Gasteiger partial charge in [-0.3, -0.25) is 4.79 Å². The predicted octanol–water partition coefficient (Wildman–Crippen LogP) is 2.29. The van der Waals surface area contributed by atoms with Gasteiger partial charge in [-0.25, -0.2) is 9.98 Å². The molecule has 1 aromatic heterocycles. The van der Waals surface area contributed by atoms with Gasteiger partial charge in [-0.15, -0.1) is 0 Å². The molecule has 2 rings (SSSR count). The highest BCUT2D eigenvalue weighted by atomic mass is 19.4. The fourth-order valence-electron chi connectivity index (χ4n) is 3.15. The van der Waals surface area contributed by atoms with Crippen molar-refractivity contribution in [1.82, 2.24) is 20.5 Å². The summed E-state index contributed by atoms with van der Waals surface area (Å²) in [6, 6.07) is 2.17. The van der Waals surface area contributed by atoms with E-state index < -0.39 is 17.6 Å². The Hall–Kier alpha value is -2.52. The average molecular weight is 415 g/mol. The number of guanidine groups is 1. The van der Waals surface area contributed by atoms with Crippen LogP contribution in [0.2, 0.25) is 0 Å². The van der Waals surface area contributed by atoms with E-state index in [1.165, 1.54) is 12.3 Å². The molecule has 0 bridgehead atoms. The van der Waals surface area contributed by atoms with Gasteiger partial charge in [0, 0.05) is 39.3 Å². The average Bonchev–Trinajstić information content (AvgIpc) is 2.70. The highest BCUT2D eigenvalue weighted by molar-refractivity contribution is 5.80. The molecule has 1 aromatic rings.